The summed E-state index contributed by atoms with van der Waals surface area (Å²) in [5, 5.41) is 3.25. The van der Waals surface area contributed by atoms with Crippen molar-refractivity contribution < 1.29 is 18.0 Å². The van der Waals surface area contributed by atoms with E-state index in [-0.39, 0.29) is 23.4 Å². The molecule has 37 heavy (non-hydrogen) atoms. The van der Waals surface area contributed by atoms with Crippen LogP contribution in [0.3, 0.4) is 0 Å². The van der Waals surface area contributed by atoms with E-state index < -0.39 is 28.5 Å². The third-order valence-electron chi connectivity index (χ3n) is 5.81. The molecule has 0 heterocycles. The van der Waals surface area contributed by atoms with Gasteiger partial charge in [-0.2, -0.15) is 0 Å². The number of anilines is 1. The maximum absolute atomic E-state index is 13.7. The molecule has 3 aromatic carbocycles. The minimum atomic E-state index is -4.10. The second-order valence-electron chi connectivity index (χ2n) is 8.96. The van der Waals surface area contributed by atoms with Crippen molar-refractivity contribution >= 4 is 39.1 Å². The molecule has 1 N–H and O–H groups in total. The zero-order valence-corrected chi connectivity index (χ0v) is 22.7. The zero-order chi connectivity index (χ0) is 27.0. The average molecular weight is 542 g/mol. The van der Waals surface area contributed by atoms with E-state index in [0.29, 0.717) is 17.1 Å². The first kappa shape index (κ1) is 28.2. The quantitative estimate of drug-likeness (QED) is 0.387. The van der Waals surface area contributed by atoms with Crippen molar-refractivity contribution in [3.8, 4) is 0 Å². The first-order chi connectivity index (χ1) is 17.6. The van der Waals surface area contributed by atoms with Gasteiger partial charge in [-0.3, -0.25) is 13.9 Å². The van der Waals surface area contributed by atoms with E-state index in [1.807, 2.05) is 44.2 Å². The molecule has 0 aromatic heterocycles. The summed E-state index contributed by atoms with van der Waals surface area (Å²) in [6.45, 7) is 5.12. The standard InChI is InChI=1S/C28H32ClN3O4S/c1-21(2)30-28(34)22(3)31(19-18-23-10-6-4-7-11-23)27(33)20-32(25-12-8-5-9-13-25)37(35,36)26-16-14-24(29)15-17-26/h4-17,21-22H,18-20H2,1-3H3,(H,30,34). The molecule has 0 aliphatic carbocycles. The number of amides is 2. The van der Waals surface area contributed by atoms with E-state index in [2.05, 4.69) is 5.32 Å². The molecule has 1 unspecified atom stereocenters. The van der Waals surface area contributed by atoms with Crippen LogP contribution in [0.2, 0.25) is 5.02 Å². The molecule has 196 valence electrons. The van der Waals surface area contributed by atoms with Crippen LogP contribution >= 0.6 is 11.6 Å². The Hall–Kier alpha value is -3.36. The Balaban J connectivity index is 1.94. The van der Waals surface area contributed by atoms with Crippen LogP contribution in [0.4, 0.5) is 5.69 Å². The molecule has 0 bridgehead atoms. The van der Waals surface area contributed by atoms with Crippen LogP contribution in [-0.2, 0) is 26.0 Å². The van der Waals surface area contributed by atoms with Crippen LogP contribution < -0.4 is 9.62 Å². The van der Waals surface area contributed by atoms with Gasteiger partial charge in [-0.25, -0.2) is 8.42 Å². The fourth-order valence-electron chi connectivity index (χ4n) is 3.83. The highest BCUT2D eigenvalue weighted by Crippen LogP contribution is 2.25. The Morgan fingerprint density at radius 1 is 0.865 bits per heavy atom. The van der Waals surface area contributed by atoms with Gasteiger partial charge < -0.3 is 10.2 Å². The summed E-state index contributed by atoms with van der Waals surface area (Å²) in [6.07, 6.45) is 0.515. The molecule has 0 saturated heterocycles. The molecule has 0 aliphatic heterocycles. The van der Waals surface area contributed by atoms with Crippen LogP contribution in [0.15, 0.2) is 89.8 Å². The number of nitrogens with zero attached hydrogens (tertiary/aromatic N) is 2. The topological polar surface area (TPSA) is 86.8 Å². The first-order valence-electron chi connectivity index (χ1n) is 12.1. The summed E-state index contributed by atoms with van der Waals surface area (Å²) in [5.41, 5.74) is 1.35. The van der Waals surface area contributed by atoms with Crippen LogP contribution in [0.25, 0.3) is 0 Å². The van der Waals surface area contributed by atoms with Crippen molar-refractivity contribution in [2.45, 2.75) is 44.2 Å². The van der Waals surface area contributed by atoms with Gasteiger partial charge in [0.2, 0.25) is 11.8 Å². The highest BCUT2D eigenvalue weighted by molar-refractivity contribution is 7.92. The number of benzene rings is 3. The Morgan fingerprint density at radius 2 is 1.43 bits per heavy atom. The maximum atomic E-state index is 13.7. The fourth-order valence-corrected chi connectivity index (χ4v) is 5.37. The van der Waals surface area contributed by atoms with Crippen molar-refractivity contribution in [1.29, 1.82) is 0 Å². The van der Waals surface area contributed by atoms with Gasteiger partial charge in [0.15, 0.2) is 0 Å². The van der Waals surface area contributed by atoms with Gasteiger partial charge in [-0.05, 0) is 69.2 Å². The van der Waals surface area contributed by atoms with Gasteiger partial charge in [0.25, 0.3) is 10.0 Å². The van der Waals surface area contributed by atoms with Crippen LogP contribution in [0.5, 0.6) is 0 Å². The second-order valence-corrected chi connectivity index (χ2v) is 11.3. The third kappa shape index (κ3) is 7.57. The molecule has 3 aromatic rings. The van der Waals surface area contributed by atoms with Crippen molar-refractivity contribution in [1.82, 2.24) is 10.2 Å². The summed E-state index contributed by atoms with van der Waals surface area (Å²) < 4.78 is 28.4. The molecule has 0 aliphatic rings. The van der Waals surface area contributed by atoms with E-state index in [4.69, 9.17) is 11.6 Å². The van der Waals surface area contributed by atoms with E-state index in [0.717, 1.165) is 9.87 Å². The largest absolute Gasteiger partial charge is 0.352 e. The third-order valence-corrected chi connectivity index (χ3v) is 7.85. The Kier molecular flexibility index (Phi) is 9.72. The number of para-hydroxylation sites is 1. The number of rotatable bonds is 11. The van der Waals surface area contributed by atoms with E-state index in [1.54, 1.807) is 37.3 Å². The number of hydrogen-bond acceptors (Lipinski definition) is 4. The lowest BCUT2D eigenvalue weighted by Crippen LogP contribution is -2.53. The highest BCUT2D eigenvalue weighted by atomic mass is 35.5. The molecule has 0 saturated carbocycles. The van der Waals surface area contributed by atoms with Crippen molar-refractivity contribution in [2.75, 3.05) is 17.4 Å². The smallest absolute Gasteiger partial charge is 0.264 e. The Bertz CT molecular complexity index is 1280. The fraction of sp³-hybridized carbons (Fsp3) is 0.286. The number of sulfonamides is 1. The Labute approximate surface area is 224 Å². The highest BCUT2D eigenvalue weighted by Gasteiger charge is 2.32. The van der Waals surface area contributed by atoms with Crippen molar-refractivity contribution in [3.05, 3.63) is 95.5 Å². The minimum Gasteiger partial charge on any atom is -0.352 e. The molecule has 9 heteroatoms. The summed E-state index contributed by atoms with van der Waals surface area (Å²) in [5.74, 6) is -0.785. The predicted octanol–water partition coefficient (Wildman–Crippen LogP) is 4.52. The first-order valence-corrected chi connectivity index (χ1v) is 13.9. The second kappa shape index (κ2) is 12.7. The molecule has 0 spiro atoms. The maximum Gasteiger partial charge on any atom is 0.264 e. The normalized spacial score (nSPS) is 12.1. The average Bonchev–Trinajstić information content (AvgIpc) is 2.88. The van der Waals surface area contributed by atoms with E-state index >= 15 is 0 Å². The zero-order valence-electron chi connectivity index (χ0n) is 21.2. The monoisotopic (exact) mass is 541 g/mol. The molecule has 1 atom stereocenters. The predicted molar refractivity (Wildman–Crippen MR) is 147 cm³/mol. The van der Waals surface area contributed by atoms with Gasteiger partial charge in [0.1, 0.15) is 12.6 Å². The van der Waals surface area contributed by atoms with Gasteiger partial charge in [-0.1, -0.05) is 60.1 Å². The number of carbonyl (C=O) groups excluding carboxylic acids is 2. The van der Waals surface area contributed by atoms with Gasteiger partial charge in [0.05, 0.1) is 10.6 Å². The number of nitrogens with one attached hydrogen (secondary N) is 1. The molecular weight excluding hydrogens is 510 g/mol. The number of halogens is 1. The van der Waals surface area contributed by atoms with Gasteiger partial charge >= 0.3 is 0 Å². The Morgan fingerprint density at radius 3 is 2.00 bits per heavy atom. The van der Waals surface area contributed by atoms with Crippen LogP contribution in [0, 0.1) is 0 Å². The summed E-state index contributed by atoms with van der Waals surface area (Å²) >= 11 is 5.96. The molecular formula is C28H32ClN3O4S. The molecule has 7 nitrogen and oxygen atoms in total. The summed E-state index contributed by atoms with van der Waals surface area (Å²) in [4.78, 5) is 28.0. The van der Waals surface area contributed by atoms with Crippen LogP contribution in [0.1, 0.15) is 26.3 Å². The SMILES string of the molecule is CC(C)NC(=O)C(C)N(CCc1ccccc1)C(=O)CN(c1ccccc1)S(=O)(=O)c1ccc(Cl)cc1. The van der Waals surface area contributed by atoms with E-state index in [9.17, 15) is 18.0 Å². The van der Waals surface area contributed by atoms with E-state index in [1.165, 1.54) is 29.2 Å². The lowest BCUT2D eigenvalue weighted by Gasteiger charge is -2.32. The van der Waals surface area contributed by atoms with Crippen LogP contribution in [-0.4, -0.2) is 50.3 Å². The number of hydrogen-bond donors (Lipinski definition) is 1. The summed E-state index contributed by atoms with van der Waals surface area (Å²) in [6, 6.07) is 22.9. The van der Waals surface area contributed by atoms with Crippen molar-refractivity contribution in [2.24, 2.45) is 0 Å². The molecule has 2 amide bonds. The van der Waals surface area contributed by atoms with Crippen molar-refractivity contribution in [3.63, 3.8) is 0 Å². The lowest BCUT2D eigenvalue weighted by molar-refractivity contribution is -0.139. The van der Waals surface area contributed by atoms with Gasteiger partial charge in [-0.15, -0.1) is 0 Å². The number of carbonyl (C=O) groups is 2. The van der Waals surface area contributed by atoms with Gasteiger partial charge in [0, 0.05) is 17.6 Å². The summed E-state index contributed by atoms with van der Waals surface area (Å²) in [7, 11) is -4.10. The minimum absolute atomic E-state index is 0.00925. The molecule has 0 radical (unpaired) electrons. The molecule has 0 fully saturated rings. The lowest BCUT2D eigenvalue weighted by atomic mass is 10.1. The molecule has 3 rings (SSSR count).